The summed E-state index contributed by atoms with van der Waals surface area (Å²) >= 11 is 0. The Labute approximate surface area is 157 Å². The number of nitrogens with zero attached hydrogens (tertiary/aromatic N) is 2. The summed E-state index contributed by atoms with van der Waals surface area (Å²) in [6, 6.07) is 4.21. The molecule has 3 rings (SSSR count). The van der Waals surface area contributed by atoms with Crippen molar-refractivity contribution in [1.82, 2.24) is 9.88 Å². The standard InChI is InChI=1S/C21H32N2O3/c1-14(2)25-18-15(3)7-8-17(22-18)9-16-10-21(11-16)12-23(13-21)19(24)26-20(4,5)6/h7-8,14,16H,9-13H2,1-6H3. The largest absolute Gasteiger partial charge is 0.475 e. The van der Waals surface area contributed by atoms with Crippen LogP contribution in [0, 0.1) is 18.3 Å². The minimum absolute atomic E-state index is 0.136. The van der Waals surface area contributed by atoms with Crippen LogP contribution in [-0.4, -0.2) is 40.8 Å². The molecule has 26 heavy (non-hydrogen) atoms. The van der Waals surface area contributed by atoms with Gasteiger partial charge >= 0.3 is 6.09 Å². The summed E-state index contributed by atoms with van der Waals surface area (Å²) in [6.45, 7) is 13.5. The molecule has 1 saturated heterocycles. The fourth-order valence-electron chi connectivity index (χ4n) is 4.09. The molecule has 0 aromatic carbocycles. The maximum Gasteiger partial charge on any atom is 0.410 e. The van der Waals surface area contributed by atoms with Gasteiger partial charge in [-0.15, -0.1) is 0 Å². The van der Waals surface area contributed by atoms with Crippen LogP contribution in [0.25, 0.3) is 0 Å². The zero-order valence-corrected chi connectivity index (χ0v) is 17.0. The van der Waals surface area contributed by atoms with E-state index in [1.54, 1.807) is 0 Å². The van der Waals surface area contributed by atoms with Gasteiger partial charge in [0, 0.05) is 29.8 Å². The zero-order chi connectivity index (χ0) is 19.1. The zero-order valence-electron chi connectivity index (χ0n) is 17.0. The third-order valence-electron chi connectivity index (χ3n) is 5.10. The number of aromatic nitrogens is 1. The monoisotopic (exact) mass is 360 g/mol. The van der Waals surface area contributed by atoms with Gasteiger partial charge in [-0.05, 0) is 72.8 Å². The Hall–Kier alpha value is -1.78. The minimum Gasteiger partial charge on any atom is -0.475 e. The van der Waals surface area contributed by atoms with E-state index in [2.05, 4.69) is 12.1 Å². The Morgan fingerprint density at radius 2 is 1.96 bits per heavy atom. The molecule has 1 saturated carbocycles. The second-order valence-corrected chi connectivity index (χ2v) is 9.41. The van der Waals surface area contributed by atoms with Crippen LogP contribution < -0.4 is 4.74 Å². The van der Waals surface area contributed by atoms with Crippen LogP contribution in [0.15, 0.2) is 12.1 Å². The van der Waals surface area contributed by atoms with Crippen LogP contribution >= 0.6 is 0 Å². The highest BCUT2D eigenvalue weighted by Gasteiger charge is 2.54. The molecule has 1 spiro atoms. The number of carbonyl (C=O) groups is 1. The first kappa shape index (κ1) is 19.0. The lowest BCUT2D eigenvalue weighted by Gasteiger charge is -2.58. The molecule has 5 nitrogen and oxygen atoms in total. The second kappa shape index (κ2) is 6.75. The van der Waals surface area contributed by atoms with Crippen molar-refractivity contribution >= 4 is 6.09 Å². The predicted molar refractivity (Wildman–Crippen MR) is 101 cm³/mol. The van der Waals surface area contributed by atoms with Gasteiger partial charge in [-0.3, -0.25) is 0 Å². The van der Waals surface area contributed by atoms with E-state index in [0.29, 0.717) is 11.3 Å². The molecule has 0 bridgehead atoms. The number of aryl methyl sites for hydroxylation is 1. The van der Waals surface area contributed by atoms with Crippen LogP contribution in [-0.2, 0) is 11.2 Å². The summed E-state index contributed by atoms with van der Waals surface area (Å²) in [7, 11) is 0. The van der Waals surface area contributed by atoms with E-state index >= 15 is 0 Å². The van der Waals surface area contributed by atoms with E-state index < -0.39 is 5.60 Å². The van der Waals surface area contributed by atoms with Gasteiger partial charge in [0.15, 0.2) is 0 Å². The lowest BCUT2D eigenvalue weighted by molar-refractivity contribution is -0.0949. The first-order valence-corrected chi connectivity index (χ1v) is 9.66. The predicted octanol–water partition coefficient (Wildman–Crippen LogP) is 4.37. The van der Waals surface area contributed by atoms with Crippen molar-refractivity contribution in [3.8, 4) is 5.88 Å². The highest BCUT2D eigenvalue weighted by molar-refractivity contribution is 5.69. The smallest absolute Gasteiger partial charge is 0.410 e. The molecular weight excluding hydrogens is 328 g/mol. The van der Waals surface area contributed by atoms with Gasteiger partial charge in [-0.2, -0.15) is 0 Å². The Bertz CT molecular complexity index is 664. The molecule has 5 heteroatoms. The molecule has 2 aliphatic rings. The van der Waals surface area contributed by atoms with Crippen LogP contribution in [0.2, 0.25) is 0 Å². The van der Waals surface area contributed by atoms with Crippen molar-refractivity contribution in [2.75, 3.05) is 13.1 Å². The molecule has 1 aromatic rings. The number of hydrogen-bond acceptors (Lipinski definition) is 4. The molecule has 0 atom stereocenters. The summed E-state index contributed by atoms with van der Waals surface area (Å²) in [6.07, 6.45) is 3.28. The summed E-state index contributed by atoms with van der Waals surface area (Å²) in [5, 5.41) is 0. The average Bonchev–Trinajstić information content (AvgIpc) is 2.40. The lowest BCUT2D eigenvalue weighted by atomic mass is 9.57. The van der Waals surface area contributed by atoms with E-state index in [1.807, 2.05) is 46.4 Å². The van der Waals surface area contributed by atoms with E-state index in [0.717, 1.165) is 36.6 Å². The number of rotatable bonds is 4. The van der Waals surface area contributed by atoms with Gasteiger partial charge in [0.05, 0.1) is 6.10 Å². The van der Waals surface area contributed by atoms with Gasteiger partial charge in [0.25, 0.3) is 0 Å². The van der Waals surface area contributed by atoms with Crippen molar-refractivity contribution in [2.24, 2.45) is 11.3 Å². The van der Waals surface area contributed by atoms with Gasteiger partial charge in [-0.25, -0.2) is 9.78 Å². The molecule has 0 N–H and O–H groups in total. The topological polar surface area (TPSA) is 51.7 Å². The number of likely N-dealkylation sites (tertiary alicyclic amines) is 1. The normalized spacial score (nSPS) is 19.3. The molecule has 1 aromatic heterocycles. The van der Waals surface area contributed by atoms with Crippen LogP contribution in [0.4, 0.5) is 4.79 Å². The van der Waals surface area contributed by atoms with Gasteiger partial charge in [-0.1, -0.05) is 6.07 Å². The van der Waals surface area contributed by atoms with Crippen molar-refractivity contribution in [3.05, 3.63) is 23.4 Å². The first-order chi connectivity index (χ1) is 12.1. The fraction of sp³-hybridized carbons (Fsp3) is 0.714. The van der Waals surface area contributed by atoms with Crippen LogP contribution in [0.5, 0.6) is 5.88 Å². The summed E-state index contributed by atoms with van der Waals surface area (Å²) in [4.78, 5) is 18.6. The van der Waals surface area contributed by atoms with Crippen LogP contribution in [0.1, 0.15) is 58.7 Å². The van der Waals surface area contributed by atoms with Crippen LogP contribution in [0.3, 0.4) is 0 Å². The third kappa shape index (κ3) is 4.30. The molecule has 0 radical (unpaired) electrons. The Morgan fingerprint density at radius 3 is 2.54 bits per heavy atom. The Balaban J connectivity index is 1.48. The number of hydrogen-bond donors (Lipinski definition) is 0. The quantitative estimate of drug-likeness (QED) is 0.800. The average molecular weight is 360 g/mol. The summed E-state index contributed by atoms with van der Waals surface area (Å²) in [5.74, 6) is 1.41. The number of amides is 1. The molecule has 1 aliphatic heterocycles. The highest BCUT2D eigenvalue weighted by Crippen LogP contribution is 2.53. The lowest BCUT2D eigenvalue weighted by Crippen LogP contribution is -2.64. The molecule has 2 fully saturated rings. The summed E-state index contributed by atoms with van der Waals surface area (Å²) < 4.78 is 11.2. The molecule has 1 amide bonds. The Kier molecular flexibility index (Phi) is 4.93. The number of pyridine rings is 1. The number of ether oxygens (including phenoxy) is 2. The molecule has 2 heterocycles. The second-order valence-electron chi connectivity index (χ2n) is 9.41. The number of carbonyl (C=O) groups excluding carboxylic acids is 1. The third-order valence-corrected chi connectivity index (χ3v) is 5.10. The minimum atomic E-state index is -0.422. The van der Waals surface area contributed by atoms with E-state index in [9.17, 15) is 4.79 Å². The van der Waals surface area contributed by atoms with Crippen molar-refractivity contribution in [2.45, 2.75) is 72.5 Å². The SMILES string of the molecule is Cc1ccc(CC2CC3(C2)CN(C(=O)OC(C)(C)C)C3)nc1OC(C)C. The maximum absolute atomic E-state index is 12.1. The molecular formula is C21H32N2O3. The molecule has 144 valence electrons. The van der Waals surface area contributed by atoms with E-state index in [-0.39, 0.29) is 12.2 Å². The Morgan fingerprint density at radius 1 is 1.31 bits per heavy atom. The van der Waals surface area contributed by atoms with E-state index in [1.165, 1.54) is 12.8 Å². The van der Waals surface area contributed by atoms with Gasteiger partial charge in [0.1, 0.15) is 5.60 Å². The highest BCUT2D eigenvalue weighted by atomic mass is 16.6. The van der Waals surface area contributed by atoms with Crippen molar-refractivity contribution < 1.29 is 14.3 Å². The van der Waals surface area contributed by atoms with Gasteiger partial charge in [0.2, 0.25) is 5.88 Å². The fourth-order valence-corrected chi connectivity index (χ4v) is 4.09. The van der Waals surface area contributed by atoms with Gasteiger partial charge < -0.3 is 14.4 Å². The molecule has 1 aliphatic carbocycles. The summed E-state index contributed by atoms with van der Waals surface area (Å²) in [5.41, 5.74) is 2.09. The van der Waals surface area contributed by atoms with E-state index in [4.69, 9.17) is 14.5 Å². The molecule has 0 unspecified atom stereocenters. The maximum atomic E-state index is 12.1. The first-order valence-electron chi connectivity index (χ1n) is 9.66. The van der Waals surface area contributed by atoms with Crippen molar-refractivity contribution in [1.29, 1.82) is 0 Å². The van der Waals surface area contributed by atoms with Crippen molar-refractivity contribution in [3.63, 3.8) is 0 Å².